The smallest absolute Gasteiger partial charge is 0.416 e. The van der Waals surface area contributed by atoms with E-state index in [9.17, 15) is 31.5 Å². The summed E-state index contributed by atoms with van der Waals surface area (Å²) in [7, 11) is -3.36. The zero-order chi connectivity index (χ0) is 30.5. The van der Waals surface area contributed by atoms with E-state index in [1.54, 1.807) is 31.2 Å². The van der Waals surface area contributed by atoms with E-state index in [1.165, 1.54) is 24.3 Å². The van der Waals surface area contributed by atoms with Gasteiger partial charge in [0.05, 0.1) is 35.4 Å². The monoisotopic (exact) mass is 604 g/mol. The van der Waals surface area contributed by atoms with Gasteiger partial charge in [-0.3, -0.25) is 4.79 Å². The molecule has 1 aliphatic rings. The second-order valence-corrected chi connectivity index (χ2v) is 12.6. The number of halogens is 3. The third kappa shape index (κ3) is 7.43. The van der Waals surface area contributed by atoms with Crippen molar-refractivity contribution in [3.63, 3.8) is 0 Å². The SMILES string of the molecule is CCC[C@H]1CN(c2ccc(C(=O)N[C@@H](CO)c3ccc(S(=O)(=O)CC)cc3)cc2)C[C@@H]1Oc1ccc(C(F)(F)F)cc1. The van der Waals surface area contributed by atoms with E-state index in [0.717, 1.165) is 30.7 Å². The number of rotatable bonds is 11. The lowest BCUT2D eigenvalue weighted by Crippen LogP contribution is -2.31. The van der Waals surface area contributed by atoms with E-state index in [4.69, 9.17) is 4.74 Å². The normalized spacial score (nSPS) is 18.1. The van der Waals surface area contributed by atoms with E-state index < -0.39 is 27.6 Å². The van der Waals surface area contributed by atoms with Crippen LogP contribution in [0.25, 0.3) is 0 Å². The van der Waals surface area contributed by atoms with Crippen LogP contribution in [0.15, 0.2) is 77.7 Å². The van der Waals surface area contributed by atoms with Crippen molar-refractivity contribution in [1.82, 2.24) is 5.32 Å². The standard InChI is InChI=1S/C31H35F3N2O5S/c1-3-5-23-18-36(19-29(23)41-26-14-10-24(11-15-26)31(32,33)34)25-12-6-22(7-13-25)30(38)35-28(20-37)21-8-16-27(17-9-21)42(39,40)4-2/h6-17,23,28-29,37H,3-5,18-20H2,1-2H3,(H,35,38)/t23-,28-,29-/m0/s1. The van der Waals surface area contributed by atoms with Gasteiger partial charge in [-0.15, -0.1) is 0 Å². The summed E-state index contributed by atoms with van der Waals surface area (Å²) in [5, 5.41) is 12.7. The van der Waals surface area contributed by atoms with Crippen molar-refractivity contribution >= 4 is 21.4 Å². The van der Waals surface area contributed by atoms with Crippen LogP contribution < -0.4 is 15.0 Å². The summed E-state index contributed by atoms with van der Waals surface area (Å²) in [4.78, 5) is 15.3. The lowest BCUT2D eigenvalue weighted by Gasteiger charge is -2.20. The van der Waals surface area contributed by atoms with E-state index in [-0.39, 0.29) is 35.2 Å². The molecule has 0 saturated carbocycles. The number of carbonyl (C=O) groups excluding carboxylic acids is 1. The van der Waals surface area contributed by atoms with Gasteiger partial charge in [-0.05, 0) is 72.6 Å². The highest BCUT2D eigenvalue weighted by Crippen LogP contribution is 2.33. The molecule has 4 rings (SSSR count). The minimum Gasteiger partial charge on any atom is -0.488 e. The number of anilines is 1. The first-order valence-corrected chi connectivity index (χ1v) is 15.5. The highest BCUT2D eigenvalue weighted by Gasteiger charge is 2.35. The van der Waals surface area contributed by atoms with Crippen LogP contribution in [0.4, 0.5) is 18.9 Å². The Hall–Kier alpha value is -3.57. The van der Waals surface area contributed by atoms with E-state index in [0.29, 0.717) is 30.0 Å². The van der Waals surface area contributed by atoms with Crippen LogP contribution in [0.3, 0.4) is 0 Å². The Balaban J connectivity index is 1.40. The zero-order valence-corrected chi connectivity index (χ0v) is 24.3. The number of hydrogen-bond donors (Lipinski definition) is 2. The van der Waals surface area contributed by atoms with Crippen molar-refractivity contribution in [3.05, 3.63) is 89.5 Å². The van der Waals surface area contributed by atoms with Gasteiger partial charge in [-0.25, -0.2) is 8.42 Å². The highest BCUT2D eigenvalue weighted by molar-refractivity contribution is 7.91. The number of carbonyl (C=O) groups is 1. The number of nitrogens with one attached hydrogen (secondary N) is 1. The van der Waals surface area contributed by atoms with Gasteiger partial charge in [0.15, 0.2) is 9.84 Å². The summed E-state index contributed by atoms with van der Waals surface area (Å²) >= 11 is 0. The van der Waals surface area contributed by atoms with Crippen molar-refractivity contribution in [2.75, 3.05) is 30.3 Å². The molecular weight excluding hydrogens is 569 g/mol. The van der Waals surface area contributed by atoms with Crippen LogP contribution in [-0.4, -0.2) is 51.0 Å². The van der Waals surface area contributed by atoms with Crippen LogP contribution in [0.5, 0.6) is 5.75 Å². The van der Waals surface area contributed by atoms with Gasteiger partial charge in [0.1, 0.15) is 11.9 Å². The predicted octanol–water partition coefficient (Wildman–Crippen LogP) is 5.65. The number of nitrogens with zero attached hydrogens (tertiary/aromatic N) is 1. The third-order valence-corrected chi connectivity index (χ3v) is 9.26. The third-order valence-electron chi connectivity index (χ3n) is 7.51. The molecule has 0 radical (unpaired) electrons. The Morgan fingerprint density at radius 3 is 2.19 bits per heavy atom. The minimum atomic E-state index is -4.40. The van der Waals surface area contributed by atoms with E-state index in [2.05, 4.69) is 17.1 Å². The van der Waals surface area contributed by atoms with Crippen LogP contribution in [0, 0.1) is 5.92 Å². The maximum Gasteiger partial charge on any atom is 0.416 e. The topological polar surface area (TPSA) is 95.9 Å². The molecule has 0 aliphatic carbocycles. The van der Waals surface area contributed by atoms with Crippen LogP contribution >= 0.6 is 0 Å². The predicted molar refractivity (Wildman–Crippen MR) is 154 cm³/mol. The number of alkyl halides is 3. The Kier molecular flexibility index (Phi) is 9.83. The van der Waals surface area contributed by atoms with Gasteiger partial charge in [0.25, 0.3) is 5.91 Å². The van der Waals surface area contributed by atoms with E-state index >= 15 is 0 Å². The fraction of sp³-hybridized carbons (Fsp3) is 0.387. The number of aliphatic hydroxyl groups excluding tert-OH is 1. The van der Waals surface area contributed by atoms with Crippen molar-refractivity contribution in [2.24, 2.45) is 5.92 Å². The first-order chi connectivity index (χ1) is 19.9. The van der Waals surface area contributed by atoms with Crippen LogP contribution in [0.1, 0.15) is 54.2 Å². The van der Waals surface area contributed by atoms with Crippen molar-refractivity contribution in [3.8, 4) is 5.75 Å². The molecule has 3 aromatic carbocycles. The molecule has 11 heteroatoms. The van der Waals surface area contributed by atoms with Gasteiger partial charge in [0, 0.05) is 23.7 Å². The molecule has 42 heavy (non-hydrogen) atoms. The van der Waals surface area contributed by atoms with Crippen molar-refractivity contribution in [1.29, 1.82) is 0 Å². The lowest BCUT2D eigenvalue weighted by molar-refractivity contribution is -0.137. The largest absolute Gasteiger partial charge is 0.488 e. The Morgan fingerprint density at radius 1 is 1.00 bits per heavy atom. The average molecular weight is 605 g/mol. The number of sulfone groups is 1. The van der Waals surface area contributed by atoms with Crippen LogP contribution in [-0.2, 0) is 16.0 Å². The summed E-state index contributed by atoms with van der Waals surface area (Å²) in [5.74, 6) is 0.165. The maximum absolute atomic E-state index is 12.9. The number of ether oxygens (including phenoxy) is 1. The van der Waals surface area contributed by atoms with Gasteiger partial charge < -0.3 is 20.1 Å². The Morgan fingerprint density at radius 2 is 1.64 bits per heavy atom. The molecule has 1 saturated heterocycles. The van der Waals surface area contributed by atoms with Crippen molar-refractivity contribution in [2.45, 2.75) is 49.9 Å². The fourth-order valence-corrected chi connectivity index (χ4v) is 5.99. The summed E-state index contributed by atoms with van der Waals surface area (Å²) in [5.41, 5.74) is 1.14. The van der Waals surface area contributed by atoms with Gasteiger partial charge in [0.2, 0.25) is 0 Å². The molecule has 3 atom stereocenters. The molecule has 1 fully saturated rings. The summed E-state index contributed by atoms with van der Waals surface area (Å²) in [6, 6.07) is 17.2. The molecule has 1 amide bonds. The summed E-state index contributed by atoms with van der Waals surface area (Å²) in [6.07, 6.45) is -2.77. The second kappa shape index (κ2) is 13.2. The van der Waals surface area contributed by atoms with Gasteiger partial charge >= 0.3 is 6.18 Å². The molecule has 226 valence electrons. The Bertz CT molecular complexity index is 1440. The maximum atomic E-state index is 12.9. The summed E-state index contributed by atoms with van der Waals surface area (Å²) < 4.78 is 69.0. The molecule has 3 aromatic rings. The number of hydrogen-bond acceptors (Lipinski definition) is 6. The molecule has 2 N–H and O–H groups in total. The van der Waals surface area contributed by atoms with Crippen molar-refractivity contribution < 1.29 is 36.2 Å². The first-order valence-electron chi connectivity index (χ1n) is 13.9. The first kappa shape index (κ1) is 31.4. The number of amides is 1. The van der Waals surface area contributed by atoms with Gasteiger partial charge in [-0.1, -0.05) is 32.4 Å². The zero-order valence-electron chi connectivity index (χ0n) is 23.5. The second-order valence-electron chi connectivity index (χ2n) is 10.4. The van der Waals surface area contributed by atoms with Gasteiger partial charge in [-0.2, -0.15) is 13.2 Å². The van der Waals surface area contributed by atoms with Crippen LogP contribution in [0.2, 0.25) is 0 Å². The molecule has 1 aliphatic heterocycles. The molecule has 1 heterocycles. The Labute approximate surface area is 244 Å². The molecule has 0 unspecified atom stereocenters. The number of aliphatic hydroxyl groups is 1. The summed E-state index contributed by atoms with van der Waals surface area (Å²) in [6.45, 7) is 4.53. The lowest BCUT2D eigenvalue weighted by atomic mass is 10.0. The molecule has 0 spiro atoms. The molecule has 0 bridgehead atoms. The fourth-order valence-electron chi connectivity index (χ4n) is 5.10. The van der Waals surface area contributed by atoms with E-state index in [1.807, 2.05) is 12.1 Å². The molecule has 0 aromatic heterocycles. The molecule has 7 nitrogen and oxygen atoms in total. The minimum absolute atomic E-state index is 0.0218. The average Bonchev–Trinajstić information content (AvgIpc) is 3.38. The molecular formula is C31H35F3N2O5S. The number of benzene rings is 3. The highest BCUT2D eigenvalue weighted by atomic mass is 32.2. The quantitative estimate of drug-likeness (QED) is 0.294.